The summed E-state index contributed by atoms with van der Waals surface area (Å²) in [6, 6.07) is 13.2. The van der Waals surface area contributed by atoms with Gasteiger partial charge in [0.25, 0.3) is 5.69 Å². The summed E-state index contributed by atoms with van der Waals surface area (Å²) in [6.07, 6.45) is 1.77. The van der Waals surface area contributed by atoms with Crippen LogP contribution in [-0.4, -0.2) is 41.9 Å². The standard InChI is InChI=1S/C18H20N2O5S/c1-2-12-19(17(14-21)13-15-6-4-3-5-7-15)26(24,25)18-10-8-16(9-11-18)20(22)23/h2-11,17,21H,1,12-14H2/t17-/m0/s1. The van der Waals surface area contributed by atoms with Crippen molar-refractivity contribution in [2.75, 3.05) is 13.2 Å². The Morgan fingerprint density at radius 2 is 1.77 bits per heavy atom. The van der Waals surface area contributed by atoms with Gasteiger partial charge in [-0.1, -0.05) is 36.4 Å². The zero-order chi connectivity index (χ0) is 19.2. The third-order valence-corrected chi connectivity index (χ3v) is 5.83. The highest BCUT2D eigenvalue weighted by Crippen LogP contribution is 2.22. The molecule has 0 saturated carbocycles. The third-order valence-electron chi connectivity index (χ3n) is 3.90. The number of nitrogens with zero attached hydrogens (tertiary/aromatic N) is 2. The minimum Gasteiger partial charge on any atom is -0.395 e. The maximum atomic E-state index is 13.0. The lowest BCUT2D eigenvalue weighted by Crippen LogP contribution is -2.43. The van der Waals surface area contributed by atoms with E-state index in [0.717, 1.165) is 22.0 Å². The third kappa shape index (κ3) is 4.54. The van der Waals surface area contributed by atoms with Crippen LogP contribution in [0, 0.1) is 10.1 Å². The van der Waals surface area contributed by atoms with E-state index in [1.165, 1.54) is 18.2 Å². The van der Waals surface area contributed by atoms with Crippen molar-refractivity contribution >= 4 is 15.7 Å². The minimum atomic E-state index is -3.96. The molecule has 0 aliphatic heterocycles. The van der Waals surface area contributed by atoms with Crippen molar-refractivity contribution in [2.45, 2.75) is 17.4 Å². The second-order valence-electron chi connectivity index (χ2n) is 5.64. The van der Waals surface area contributed by atoms with E-state index in [4.69, 9.17) is 0 Å². The van der Waals surface area contributed by atoms with Crippen LogP contribution in [0.5, 0.6) is 0 Å². The molecule has 26 heavy (non-hydrogen) atoms. The largest absolute Gasteiger partial charge is 0.395 e. The van der Waals surface area contributed by atoms with Crippen LogP contribution in [0.2, 0.25) is 0 Å². The van der Waals surface area contributed by atoms with Crippen molar-refractivity contribution in [1.82, 2.24) is 4.31 Å². The first-order chi connectivity index (χ1) is 12.4. The monoisotopic (exact) mass is 376 g/mol. The van der Waals surface area contributed by atoms with E-state index >= 15 is 0 Å². The lowest BCUT2D eigenvalue weighted by molar-refractivity contribution is -0.384. The summed E-state index contributed by atoms with van der Waals surface area (Å²) in [7, 11) is -3.96. The lowest BCUT2D eigenvalue weighted by Gasteiger charge is -2.29. The van der Waals surface area contributed by atoms with Crippen molar-refractivity contribution in [3.63, 3.8) is 0 Å². The number of nitro groups is 1. The Morgan fingerprint density at radius 3 is 2.27 bits per heavy atom. The molecule has 1 N–H and O–H groups in total. The van der Waals surface area contributed by atoms with Crippen LogP contribution in [0.3, 0.4) is 0 Å². The second-order valence-corrected chi connectivity index (χ2v) is 7.53. The molecule has 0 unspecified atom stereocenters. The predicted octanol–water partition coefficient (Wildman–Crippen LogP) is 2.38. The molecule has 0 aromatic heterocycles. The first-order valence-corrected chi connectivity index (χ1v) is 9.36. The van der Waals surface area contributed by atoms with Crippen LogP contribution in [0.15, 0.2) is 72.1 Å². The Hall–Kier alpha value is -2.55. The minimum absolute atomic E-state index is 0.0113. The highest BCUT2D eigenvalue weighted by atomic mass is 32.2. The Labute approximate surface area is 152 Å². The molecule has 2 aromatic carbocycles. The Balaban J connectivity index is 2.35. The molecule has 7 nitrogen and oxygen atoms in total. The van der Waals surface area contributed by atoms with E-state index in [1.54, 1.807) is 0 Å². The zero-order valence-corrected chi connectivity index (χ0v) is 14.9. The van der Waals surface area contributed by atoms with E-state index in [-0.39, 0.29) is 23.7 Å². The summed E-state index contributed by atoms with van der Waals surface area (Å²) in [5.74, 6) is 0. The van der Waals surface area contributed by atoms with Gasteiger partial charge in [-0.2, -0.15) is 4.31 Å². The van der Waals surface area contributed by atoms with E-state index in [9.17, 15) is 23.6 Å². The highest BCUT2D eigenvalue weighted by molar-refractivity contribution is 7.89. The van der Waals surface area contributed by atoms with E-state index in [0.29, 0.717) is 6.42 Å². The Bertz CT molecular complexity index is 851. The van der Waals surface area contributed by atoms with E-state index < -0.39 is 21.0 Å². The van der Waals surface area contributed by atoms with Gasteiger partial charge >= 0.3 is 0 Å². The summed E-state index contributed by atoms with van der Waals surface area (Å²) in [6.45, 7) is 3.24. The molecule has 2 aromatic rings. The lowest BCUT2D eigenvalue weighted by atomic mass is 10.1. The van der Waals surface area contributed by atoms with Gasteiger partial charge in [0.15, 0.2) is 0 Å². The fraction of sp³-hybridized carbons (Fsp3) is 0.222. The fourth-order valence-electron chi connectivity index (χ4n) is 2.59. The van der Waals surface area contributed by atoms with E-state index in [2.05, 4.69) is 6.58 Å². The number of benzene rings is 2. The van der Waals surface area contributed by atoms with Crippen molar-refractivity contribution in [2.24, 2.45) is 0 Å². The molecule has 0 radical (unpaired) electrons. The molecule has 2 rings (SSSR count). The Morgan fingerprint density at radius 1 is 1.15 bits per heavy atom. The number of sulfonamides is 1. The number of non-ortho nitro benzene ring substituents is 1. The SMILES string of the molecule is C=CCN([C@H](CO)Cc1ccccc1)S(=O)(=O)c1ccc([N+](=O)[O-])cc1. The topological polar surface area (TPSA) is 101 Å². The van der Waals surface area contributed by atoms with Crippen LogP contribution in [0.1, 0.15) is 5.56 Å². The summed E-state index contributed by atoms with van der Waals surface area (Å²) in [5.41, 5.74) is 0.696. The number of rotatable bonds is 9. The smallest absolute Gasteiger partial charge is 0.269 e. The summed E-state index contributed by atoms with van der Waals surface area (Å²) >= 11 is 0. The van der Waals surface area contributed by atoms with Gasteiger partial charge in [0.1, 0.15) is 0 Å². The van der Waals surface area contributed by atoms with Crippen LogP contribution in [-0.2, 0) is 16.4 Å². The second kappa shape index (κ2) is 8.70. The molecule has 0 fully saturated rings. The molecule has 138 valence electrons. The zero-order valence-electron chi connectivity index (χ0n) is 14.1. The summed E-state index contributed by atoms with van der Waals surface area (Å²) in [4.78, 5) is 10.1. The number of nitro benzene ring substituents is 1. The van der Waals surface area contributed by atoms with Gasteiger partial charge in [0.2, 0.25) is 10.0 Å². The molecular weight excluding hydrogens is 356 g/mol. The molecule has 0 amide bonds. The number of aliphatic hydroxyl groups is 1. The van der Waals surface area contributed by atoms with Crippen molar-refractivity contribution in [3.8, 4) is 0 Å². The quantitative estimate of drug-likeness (QED) is 0.411. The van der Waals surface area contributed by atoms with Gasteiger partial charge in [0.05, 0.1) is 22.5 Å². The fourth-order valence-corrected chi connectivity index (χ4v) is 4.18. The van der Waals surface area contributed by atoms with Crippen molar-refractivity contribution in [1.29, 1.82) is 0 Å². The number of hydrogen-bond donors (Lipinski definition) is 1. The molecule has 0 bridgehead atoms. The Kier molecular flexibility index (Phi) is 6.62. The van der Waals surface area contributed by atoms with Crippen LogP contribution in [0.25, 0.3) is 0 Å². The van der Waals surface area contributed by atoms with Crippen LogP contribution < -0.4 is 0 Å². The summed E-state index contributed by atoms with van der Waals surface area (Å²) in [5, 5.41) is 20.5. The highest BCUT2D eigenvalue weighted by Gasteiger charge is 2.30. The average Bonchev–Trinajstić information content (AvgIpc) is 2.65. The number of aliphatic hydroxyl groups excluding tert-OH is 1. The van der Waals surface area contributed by atoms with Gasteiger partial charge in [-0.05, 0) is 24.1 Å². The molecule has 0 aliphatic rings. The van der Waals surface area contributed by atoms with E-state index in [1.807, 2.05) is 30.3 Å². The van der Waals surface area contributed by atoms with Gasteiger partial charge in [-0.25, -0.2) is 8.42 Å². The first kappa shape index (κ1) is 19.8. The predicted molar refractivity (Wildman–Crippen MR) is 98.2 cm³/mol. The maximum absolute atomic E-state index is 13.0. The van der Waals surface area contributed by atoms with Gasteiger partial charge in [-0.3, -0.25) is 10.1 Å². The molecular formula is C18H20N2O5S. The van der Waals surface area contributed by atoms with Gasteiger partial charge in [-0.15, -0.1) is 6.58 Å². The molecule has 0 aliphatic carbocycles. The molecule has 1 atom stereocenters. The first-order valence-electron chi connectivity index (χ1n) is 7.92. The summed E-state index contributed by atoms with van der Waals surface area (Å²) < 4.78 is 27.1. The molecule has 0 heterocycles. The molecule has 8 heteroatoms. The van der Waals surface area contributed by atoms with Crippen molar-refractivity contribution in [3.05, 3.63) is 82.9 Å². The number of hydrogen-bond acceptors (Lipinski definition) is 5. The van der Waals surface area contributed by atoms with Gasteiger partial charge in [0, 0.05) is 18.7 Å². The van der Waals surface area contributed by atoms with Crippen molar-refractivity contribution < 1.29 is 18.4 Å². The molecule has 0 spiro atoms. The van der Waals surface area contributed by atoms with Crippen LogP contribution >= 0.6 is 0 Å². The maximum Gasteiger partial charge on any atom is 0.269 e. The molecule has 0 saturated heterocycles. The van der Waals surface area contributed by atoms with Crippen LogP contribution in [0.4, 0.5) is 5.69 Å². The van der Waals surface area contributed by atoms with Gasteiger partial charge < -0.3 is 5.11 Å². The normalized spacial score (nSPS) is 12.7. The average molecular weight is 376 g/mol.